The Labute approximate surface area is 146 Å². The summed E-state index contributed by atoms with van der Waals surface area (Å²) < 4.78 is 5.55. The molecule has 0 atom stereocenters. The summed E-state index contributed by atoms with van der Waals surface area (Å²) in [6, 6.07) is 3.95. The fourth-order valence-corrected chi connectivity index (χ4v) is 2.21. The number of aryl methyl sites for hydroxylation is 1. The van der Waals surface area contributed by atoms with Crippen molar-refractivity contribution in [3.05, 3.63) is 39.7 Å². The highest BCUT2D eigenvalue weighted by Gasteiger charge is 2.11. The SMILES string of the molecule is Cc1nnc(NCc2cnc(OCC(C)C)c(Cl)c2)c(C#N)c1C. The van der Waals surface area contributed by atoms with Crippen LogP contribution in [0.1, 0.15) is 36.2 Å². The van der Waals surface area contributed by atoms with Gasteiger partial charge in [-0.15, -0.1) is 5.10 Å². The second-order valence-electron chi connectivity index (χ2n) is 5.93. The Hall–Kier alpha value is -2.39. The molecular weight excluding hydrogens is 326 g/mol. The van der Waals surface area contributed by atoms with Gasteiger partial charge < -0.3 is 10.1 Å². The lowest BCUT2D eigenvalue weighted by molar-refractivity contribution is 0.261. The molecule has 24 heavy (non-hydrogen) atoms. The van der Waals surface area contributed by atoms with E-state index in [4.69, 9.17) is 16.3 Å². The van der Waals surface area contributed by atoms with E-state index in [0.717, 1.165) is 16.8 Å². The average Bonchev–Trinajstić information content (AvgIpc) is 2.55. The molecule has 126 valence electrons. The van der Waals surface area contributed by atoms with Crippen LogP contribution in [0.4, 0.5) is 5.82 Å². The van der Waals surface area contributed by atoms with Crippen molar-refractivity contribution in [1.82, 2.24) is 15.2 Å². The third kappa shape index (κ3) is 4.33. The summed E-state index contributed by atoms with van der Waals surface area (Å²) in [6.45, 7) is 8.80. The molecule has 0 saturated carbocycles. The highest BCUT2D eigenvalue weighted by atomic mass is 35.5. The van der Waals surface area contributed by atoms with E-state index in [1.807, 2.05) is 13.8 Å². The first-order valence-corrected chi connectivity index (χ1v) is 8.05. The van der Waals surface area contributed by atoms with Crippen LogP contribution in [0.2, 0.25) is 5.02 Å². The van der Waals surface area contributed by atoms with E-state index in [-0.39, 0.29) is 0 Å². The fraction of sp³-hybridized carbons (Fsp3) is 0.412. The van der Waals surface area contributed by atoms with E-state index >= 15 is 0 Å². The number of hydrogen-bond acceptors (Lipinski definition) is 6. The van der Waals surface area contributed by atoms with Crippen LogP contribution >= 0.6 is 11.6 Å². The Morgan fingerprint density at radius 1 is 1.33 bits per heavy atom. The van der Waals surface area contributed by atoms with Gasteiger partial charge in [-0.05, 0) is 37.0 Å². The third-order valence-corrected chi connectivity index (χ3v) is 3.71. The zero-order valence-electron chi connectivity index (χ0n) is 14.2. The number of halogens is 1. The van der Waals surface area contributed by atoms with Crippen LogP contribution < -0.4 is 10.1 Å². The Balaban J connectivity index is 2.09. The molecule has 0 aliphatic heterocycles. The quantitative estimate of drug-likeness (QED) is 0.860. The second-order valence-corrected chi connectivity index (χ2v) is 6.34. The number of nitrogens with one attached hydrogen (secondary N) is 1. The van der Waals surface area contributed by atoms with Crippen molar-refractivity contribution >= 4 is 17.4 Å². The third-order valence-electron chi connectivity index (χ3n) is 3.44. The molecule has 0 bridgehead atoms. The van der Waals surface area contributed by atoms with Crippen LogP contribution in [0, 0.1) is 31.1 Å². The lowest BCUT2D eigenvalue weighted by Crippen LogP contribution is -2.09. The molecule has 0 aliphatic carbocycles. The molecule has 2 aromatic heterocycles. The van der Waals surface area contributed by atoms with Gasteiger partial charge in [0.2, 0.25) is 5.88 Å². The highest BCUT2D eigenvalue weighted by molar-refractivity contribution is 6.31. The summed E-state index contributed by atoms with van der Waals surface area (Å²) >= 11 is 6.20. The number of anilines is 1. The molecule has 0 amide bonds. The minimum Gasteiger partial charge on any atom is -0.476 e. The first-order chi connectivity index (χ1) is 11.4. The molecule has 1 N–H and O–H groups in total. The summed E-state index contributed by atoms with van der Waals surface area (Å²) in [6.07, 6.45) is 1.69. The van der Waals surface area contributed by atoms with Crippen LogP contribution in [0.25, 0.3) is 0 Å². The van der Waals surface area contributed by atoms with E-state index in [2.05, 4.69) is 40.4 Å². The number of nitrogens with zero attached hydrogens (tertiary/aromatic N) is 4. The number of ether oxygens (including phenoxy) is 1. The number of aromatic nitrogens is 3. The van der Waals surface area contributed by atoms with Gasteiger partial charge in [-0.25, -0.2) is 4.98 Å². The number of nitriles is 1. The molecule has 6 nitrogen and oxygen atoms in total. The molecule has 7 heteroatoms. The molecule has 0 saturated heterocycles. The smallest absolute Gasteiger partial charge is 0.232 e. The van der Waals surface area contributed by atoms with Gasteiger partial charge in [-0.3, -0.25) is 0 Å². The van der Waals surface area contributed by atoms with E-state index in [0.29, 0.717) is 41.4 Å². The van der Waals surface area contributed by atoms with Crippen molar-refractivity contribution in [2.24, 2.45) is 5.92 Å². The van der Waals surface area contributed by atoms with Gasteiger partial charge in [0, 0.05) is 12.7 Å². The number of pyridine rings is 1. The van der Waals surface area contributed by atoms with Crippen LogP contribution in [0.3, 0.4) is 0 Å². The average molecular weight is 346 g/mol. The maximum absolute atomic E-state index is 9.30. The molecule has 0 radical (unpaired) electrons. The predicted molar refractivity (Wildman–Crippen MR) is 93.1 cm³/mol. The lowest BCUT2D eigenvalue weighted by Gasteiger charge is -2.12. The van der Waals surface area contributed by atoms with Crippen LogP contribution in [-0.2, 0) is 6.54 Å². The highest BCUT2D eigenvalue weighted by Crippen LogP contribution is 2.24. The largest absolute Gasteiger partial charge is 0.476 e. The van der Waals surface area contributed by atoms with Crippen molar-refractivity contribution in [1.29, 1.82) is 5.26 Å². The summed E-state index contributed by atoms with van der Waals surface area (Å²) in [5, 5.41) is 21.0. The first-order valence-electron chi connectivity index (χ1n) is 7.67. The zero-order valence-corrected chi connectivity index (χ0v) is 15.0. The van der Waals surface area contributed by atoms with E-state index < -0.39 is 0 Å². The van der Waals surface area contributed by atoms with Gasteiger partial charge >= 0.3 is 0 Å². The molecule has 0 fully saturated rings. The van der Waals surface area contributed by atoms with E-state index in [9.17, 15) is 5.26 Å². The molecule has 0 aliphatic rings. The maximum Gasteiger partial charge on any atom is 0.232 e. The standard InChI is InChI=1S/C17H20ClN5O/c1-10(2)9-24-17-15(18)5-13(8-21-17)7-20-16-14(6-19)11(3)12(4)22-23-16/h5,8,10H,7,9H2,1-4H3,(H,20,23). The van der Waals surface area contributed by atoms with Gasteiger partial charge in [0.1, 0.15) is 16.7 Å². The van der Waals surface area contributed by atoms with Crippen LogP contribution in [-0.4, -0.2) is 21.8 Å². The summed E-state index contributed by atoms with van der Waals surface area (Å²) in [7, 11) is 0. The molecule has 2 aromatic rings. The van der Waals surface area contributed by atoms with Gasteiger partial charge in [0.25, 0.3) is 0 Å². The summed E-state index contributed by atoms with van der Waals surface area (Å²) in [5.74, 6) is 1.28. The number of hydrogen-bond donors (Lipinski definition) is 1. The van der Waals surface area contributed by atoms with E-state index in [1.54, 1.807) is 12.3 Å². The maximum atomic E-state index is 9.30. The van der Waals surface area contributed by atoms with Crippen molar-refractivity contribution in [3.63, 3.8) is 0 Å². The topological polar surface area (TPSA) is 83.7 Å². The van der Waals surface area contributed by atoms with Crippen LogP contribution in [0.15, 0.2) is 12.3 Å². The molecule has 2 rings (SSSR count). The normalized spacial score (nSPS) is 10.5. The molecular formula is C17H20ClN5O. The fourth-order valence-electron chi connectivity index (χ4n) is 1.97. The van der Waals surface area contributed by atoms with Gasteiger partial charge in [-0.2, -0.15) is 10.4 Å². The Kier molecular flexibility index (Phi) is 5.93. The minimum atomic E-state index is 0.400. The van der Waals surface area contributed by atoms with Crippen molar-refractivity contribution in [2.75, 3.05) is 11.9 Å². The first kappa shape index (κ1) is 18.0. The Bertz CT molecular complexity index is 770. The van der Waals surface area contributed by atoms with Crippen molar-refractivity contribution < 1.29 is 4.74 Å². The monoisotopic (exact) mass is 345 g/mol. The van der Waals surface area contributed by atoms with Crippen LogP contribution in [0.5, 0.6) is 5.88 Å². The van der Waals surface area contributed by atoms with Crippen molar-refractivity contribution in [2.45, 2.75) is 34.2 Å². The Morgan fingerprint density at radius 2 is 2.08 bits per heavy atom. The van der Waals surface area contributed by atoms with Gasteiger partial charge in [0.05, 0.1) is 12.3 Å². The molecule has 0 spiro atoms. The van der Waals surface area contributed by atoms with E-state index in [1.165, 1.54) is 0 Å². The second kappa shape index (κ2) is 7.93. The summed E-state index contributed by atoms with van der Waals surface area (Å²) in [4.78, 5) is 4.24. The minimum absolute atomic E-state index is 0.400. The molecule has 0 aromatic carbocycles. The predicted octanol–water partition coefficient (Wildman–Crippen LogP) is 3.66. The summed E-state index contributed by atoms with van der Waals surface area (Å²) in [5.41, 5.74) is 2.93. The zero-order chi connectivity index (χ0) is 17.7. The Morgan fingerprint density at radius 3 is 2.71 bits per heavy atom. The molecule has 0 unspecified atom stereocenters. The van der Waals surface area contributed by atoms with Gasteiger partial charge in [-0.1, -0.05) is 25.4 Å². The van der Waals surface area contributed by atoms with Gasteiger partial charge in [0.15, 0.2) is 5.82 Å². The van der Waals surface area contributed by atoms with Crippen molar-refractivity contribution in [3.8, 4) is 11.9 Å². The lowest BCUT2D eigenvalue weighted by atomic mass is 10.1. The number of rotatable bonds is 6. The molecule has 2 heterocycles.